The Labute approximate surface area is 191 Å². The highest BCUT2D eigenvalue weighted by atomic mass is 16.6. The predicted molar refractivity (Wildman–Crippen MR) is 128 cm³/mol. The lowest BCUT2D eigenvalue weighted by atomic mass is 9.78. The number of hydrogen-bond donors (Lipinski definition) is 2. The number of carbonyl (C=O) groups excluding carboxylic acids is 2. The van der Waals surface area contributed by atoms with Gasteiger partial charge in [0.05, 0.1) is 0 Å². The molecule has 0 aromatic rings. The van der Waals surface area contributed by atoms with E-state index >= 15 is 0 Å². The summed E-state index contributed by atoms with van der Waals surface area (Å²) in [6, 6.07) is 0. The van der Waals surface area contributed by atoms with Crippen molar-refractivity contribution in [1.29, 1.82) is 0 Å². The summed E-state index contributed by atoms with van der Waals surface area (Å²) < 4.78 is 10.3. The Morgan fingerprint density at radius 2 is 1.26 bits per heavy atom. The van der Waals surface area contributed by atoms with Crippen LogP contribution in [0.15, 0.2) is 0 Å². The molecule has 0 aromatic carbocycles. The van der Waals surface area contributed by atoms with E-state index in [0.29, 0.717) is 6.54 Å². The van der Waals surface area contributed by atoms with Crippen molar-refractivity contribution in [2.45, 2.75) is 124 Å². The fraction of sp³-hybridized carbons (Fsp3) is 0.920. The lowest BCUT2D eigenvalue weighted by molar-refractivity contribution is 0.0513. The molecule has 6 heteroatoms. The number of unbranched alkanes of at least 4 members (excludes halogenated alkanes) is 1. The van der Waals surface area contributed by atoms with Gasteiger partial charge in [0, 0.05) is 13.1 Å². The molecular formula is C25H50N2O4. The van der Waals surface area contributed by atoms with Crippen molar-refractivity contribution in [2.24, 2.45) is 11.8 Å². The van der Waals surface area contributed by atoms with Crippen LogP contribution in [-0.2, 0) is 9.47 Å². The van der Waals surface area contributed by atoms with Gasteiger partial charge in [-0.05, 0) is 72.6 Å². The van der Waals surface area contributed by atoms with Gasteiger partial charge in [-0.25, -0.2) is 9.59 Å². The molecule has 6 nitrogen and oxygen atoms in total. The van der Waals surface area contributed by atoms with Crippen LogP contribution >= 0.6 is 0 Å². The monoisotopic (exact) mass is 442 g/mol. The van der Waals surface area contributed by atoms with Crippen molar-refractivity contribution < 1.29 is 19.1 Å². The lowest BCUT2D eigenvalue weighted by Gasteiger charge is -2.29. The highest BCUT2D eigenvalue weighted by Gasteiger charge is 2.22. The molecule has 2 amide bonds. The average molecular weight is 443 g/mol. The van der Waals surface area contributed by atoms with Crippen LogP contribution < -0.4 is 10.6 Å². The van der Waals surface area contributed by atoms with Gasteiger partial charge in [-0.15, -0.1) is 0 Å². The summed E-state index contributed by atoms with van der Waals surface area (Å²) in [7, 11) is 0. The maximum Gasteiger partial charge on any atom is 0.407 e. The first-order valence-electron chi connectivity index (χ1n) is 12.3. The SMILES string of the molecule is CCCC1CCCC(CCNC(=O)OC(C)(C)C)C1.CCCCNC(=O)OC(C)(C)C. The van der Waals surface area contributed by atoms with Crippen molar-refractivity contribution >= 4 is 12.2 Å². The minimum absolute atomic E-state index is 0.284. The molecule has 0 aromatic heterocycles. The zero-order valence-electron chi connectivity index (χ0n) is 21.6. The molecule has 2 N–H and O–H groups in total. The summed E-state index contributed by atoms with van der Waals surface area (Å²) in [5.41, 5.74) is -0.794. The first-order chi connectivity index (χ1) is 14.4. The largest absolute Gasteiger partial charge is 0.444 e. The van der Waals surface area contributed by atoms with Crippen LogP contribution in [0.2, 0.25) is 0 Å². The van der Waals surface area contributed by atoms with Gasteiger partial charge in [0.25, 0.3) is 0 Å². The molecule has 0 spiro atoms. The van der Waals surface area contributed by atoms with E-state index in [9.17, 15) is 9.59 Å². The number of hydrogen-bond acceptors (Lipinski definition) is 4. The van der Waals surface area contributed by atoms with Crippen LogP contribution in [0, 0.1) is 11.8 Å². The van der Waals surface area contributed by atoms with Crippen molar-refractivity contribution in [2.75, 3.05) is 13.1 Å². The third kappa shape index (κ3) is 19.0. The molecule has 1 rings (SSSR count). The Morgan fingerprint density at radius 3 is 1.71 bits per heavy atom. The summed E-state index contributed by atoms with van der Waals surface area (Å²) in [5, 5.41) is 5.55. The zero-order chi connectivity index (χ0) is 23.9. The third-order valence-electron chi connectivity index (χ3n) is 5.01. The summed E-state index contributed by atoms with van der Waals surface area (Å²) in [4.78, 5) is 22.5. The van der Waals surface area contributed by atoms with Crippen molar-refractivity contribution in [3.63, 3.8) is 0 Å². The highest BCUT2D eigenvalue weighted by molar-refractivity contribution is 5.67. The van der Waals surface area contributed by atoms with E-state index in [1.165, 1.54) is 38.5 Å². The lowest BCUT2D eigenvalue weighted by Crippen LogP contribution is -2.33. The van der Waals surface area contributed by atoms with Crippen LogP contribution in [0.4, 0.5) is 9.59 Å². The number of carbonyl (C=O) groups is 2. The Bertz CT molecular complexity index is 493. The first kappa shape index (κ1) is 29.5. The summed E-state index contributed by atoms with van der Waals surface area (Å²) >= 11 is 0. The molecule has 0 aliphatic heterocycles. The molecule has 0 radical (unpaired) electrons. The number of ether oxygens (including phenoxy) is 2. The summed E-state index contributed by atoms with van der Waals surface area (Å²) in [6.07, 6.45) is 10.7. The Kier molecular flexibility index (Phi) is 14.6. The second-order valence-corrected chi connectivity index (χ2v) is 10.7. The quantitative estimate of drug-likeness (QED) is 0.404. The summed E-state index contributed by atoms with van der Waals surface area (Å²) in [6.45, 7) is 17.0. The van der Waals surface area contributed by atoms with Gasteiger partial charge in [-0.1, -0.05) is 52.4 Å². The van der Waals surface area contributed by atoms with E-state index in [4.69, 9.17) is 9.47 Å². The van der Waals surface area contributed by atoms with E-state index < -0.39 is 11.2 Å². The molecular weight excluding hydrogens is 392 g/mol. The molecule has 2 atom stereocenters. The number of rotatable bonds is 8. The van der Waals surface area contributed by atoms with Gasteiger partial charge in [0.2, 0.25) is 0 Å². The van der Waals surface area contributed by atoms with Crippen molar-refractivity contribution in [3.8, 4) is 0 Å². The van der Waals surface area contributed by atoms with Gasteiger partial charge >= 0.3 is 12.2 Å². The average Bonchev–Trinajstić information content (AvgIpc) is 2.60. The standard InChI is InChI=1S/C16H31NO2.C9H19NO2/c1-5-7-13-8-6-9-14(12-13)10-11-17-15(18)19-16(2,3)4;1-5-6-7-10-8(11)12-9(2,3)4/h13-14H,5-12H2,1-4H3,(H,17,18);5-7H2,1-4H3,(H,10,11). The second-order valence-electron chi connectivity index (χ2n) is 10.7. The molecule has 31 heavy (non-hydrogen) atoms. The fourth-order valence-corrected chi connectivity index (χ4v) is 3.71. The maximum absolute atomic E-state index is 11.5. The Morgan fingerprint density at radius 1 is 0.774 bits per heavy atom. The Balaban J connectivity index is 0.000000649. The normalized spacial score (nSPS) is 19.0. The third-order valence-corrected chi connectivity index (χ3v) is 5.01. The minimum Gasteiger partial charge on any atom is -0.444 e. The van der Waals surface area contributed by atoms with E-state index in [1.807, 2.05) is 41.5 Å². The second kappa shape index (κ2) is 15.4. The summed E-state index contributed by atoms with van der Waals surface area (Å²) in [5.74, 6) is 1.71. The van der Waals surface area contributed by atoms with E-state index in [-0.39, 0.29) is 12.2 Å². The molecule has 2 unspecified atom stereocenters. The van der Waals surface area contributed by atoms with Gasteiger partial charge in [-0.3, -0.25) is 0 Å². The van der Waals surface area contributed by atoms with E-state index in [0.717, 1.165) is 37.6 Å². The van der Waals surface area contributed by atoms with Gasteiger partial charge in [-0.2, -0.15) is 0 Å². The number of alkyl carbamates (subject to hydrolysis) is 2. The predicted octanol–water partition coefficient (Wildman–Crippen LogP) is 6.82. The smallest absolute Gasteiger partial charge is 0.407 e. The van der Waals surface area contributed by atoms with Crippen LogP contribution in [0.25, 0.3) is 0 Å². The molecule has 1 aliphatic carbocycles. The Hall–Kier alpha value is -1.46. The number of nitrogens with one attached hydrogen (secondary N) is 2. The fourth-order valence-electron chi connectivity index (χ4n) is 3.71. The molecule has 1 saturated carbocycles. The number of amides is 2. The van der Waals surface area contributed by atoms with Crippen molar-refractivity contribution in [1.82, 2.24) is 10.6 Å². The first-order valence-corrected chi connectivity index (χ1v) is 12.3. The van der Waals surface area contributed by atoms with Crippen LogP contribution in [0.5, 0.6) is 0 Å². The van der Waals surface area contributed by atoms with Crippen LogP contribution in [0.1, 0.15) is 113 Å². The highest BCUT2D eigenvalue weighted by Crippen LogP contribution is 2.33. The molecule has 0 heterocycles. The van der Waals surface area contributed by atoms with Crippen LogP contribution in [-0.4, -0.2) is 36.5 Å². The molecule has 1 fully saturated rings. The van der Waals surface area contributed by atoms with Crippen molar-refractivity contribution in [3.05, 3.63) is 0 Å². The topological polar surface area (TPSA) is 76.7 Å². The van der Waals surface area contributed by atoms with Crippen LogP contribution in [0.3, 0.4) is 0 Å². The van der Waals surface area contributed by atoms with Gasteiger partial charge in [0.15, 0.2) is 0 Å². The van der Waals surface area contributed by atoms with E-state index in [1.54, 1.807) is 0 Å². The van der Waals surface area contributed by atoms with Gasteiger partial charge in [0.1, 0.15) is 11.2 Å². The van der Waals surface area contributed by atoms with E-state index in [2.05, 4.69) is 24.5 Å². The molecule has 0 bridgehead atoms. The van der Waals surface area contributed by atoms with Gasteiger partial charge < -0.3 is 20.1 Å². The zero-order valence-corrected chi connectivity index (χ0v) is 21.6. The maximum atomic E-state index is 11.5. The molecule has 184 valence electrons. The molecule has 1 aliphatic rings. The molecule has 0 saturated heterocycles. The minimum atomic E-state index is -0.402.